The maximum absolute atomic E-state index is 11.7. The Morgan fingerprint density at radius 2 is 2.07 bits per heavy atom. The number of nitrogens with one attached hydrogen (secondary N) is 2. The third kappa shape index (κ3) is 7.25. The lowest BCUT2D eigenvalue weighted by molar-refractivity contribution is -0.146. The van der Waals surface area contributed by atoms with E-state index in [1.165, 1.54) is 6.92 Å². The first-order valence-corrected chi connectivity index (χ1v) is 5.83. The van der Waals surface area contributed by atoms with Gasteiger partial charge >= 0.3 is 6.61 Å². The van der Waals surface area contributed by atoms with E-state index in [2.05, 4.69) is 15.4 Å². The van der Waals surface area contributed by atoms with Gasteiger partial charge in [0, 0.05) is 6.92 Å². The van der Waals surface area contributed by atoms with Crippen LogP contribution in [-0.2, 0) is 14.3 Å². The van der Waals surface area contributed by atoms with Crippen molar-refractivity contribution in [1.82, 2.24) is 10.6 Å². The molecule has 0 aliphatic heterocycles. The van der Waals surface area contributed by atoms with Crippen LogP contribution < -0.4 is 10.6 Å². The number of hydrogen-bond acceptors (Lipinski definition) is 3. The molecule has 0 spiro atoms. The maximum atomic E-state index is 11.7. The summed E-state index contributed by atoms with van der Waals surface area (Å²) in [6, 6.07) is -1.06. The standard InChI is InChI=1S/C7H11F2N2O3.Al.2H/c1-4(12)11-5(6(13)10-2)3-14-7(8)9;;;/h5,7H,2-3H2,1H3,(H,10,13)(H,11,12);;;/t5-;;;/m1.../s1. The van der Waals surface area contributed by atoms with Crippen molar-refractivity contribution in [3.63, 3.8) is 0 Å². The van der Waals surface area contributed by atoms with Gasteiger partial charge in [-0.15, -0.1) is 0 Å². The molecule has 5 nitrogen and oxygen atoms in total. The van der Waals surface area contributed by atoms with E-state index < -0.39 is 31.1 Å². The largest absolute Gasteiger partial charge is 0.369 e. The van der Waals surface area contributed by atoms with Crippen molar-refractivity contribution >= 4 is 28.1 Å². The first-order chi connectivity index (χ1) is 6.97. The number of amides is 2. The molecule has 0 rings (SSSR count). The molecule has 86 valence electrons. The van der Waals surface area contributed by atoms with Gasteiger partial charge in [0.15, 0.2) is 0 Å². The molecule has 0 fully saturated rings. The predicted molar refractivity (Wildman–Crippen MR) is 51.1 cm³/mol. The van der Waals surface area contributed by atoms with E-state index in [9.17, 15) is 18.4 Å². The summed E-state index contributed by atoms with van der Waals surface area (Å²) in [6.45, 7) is -2.29. The minimum atomic E-state index is -2.95. The van der Waals surface area contributed by atoms with E-state index in [0.717, 1.165) is 16.3 Å². The first kappa shape index (κ1) is 14.3. The Kier molecular flexibility index (Phi) is 7.21. The highest BCUT2D eigenvalue weighted by Gasteiger charge is 2.20. The van der Waals surface area contributed by atoms with E-state index in [0.29, 0.717) is 5.41 Å². The van der Waals surface area contributed by atoms with Gasteiger partial charge in [-0.05, 0) is 5.41 Å². The molecule has 0 radical (unpaired) electrons. The quantitative estimate of drug-likeness (QED) is 0.550. The summed E-state index contributed by atoms with van der Waals surface area (Å²) in [5.41, 5.74) is 0. The molecule has 8 heteroatoms. The van der Waals surface area contributed by atoms with Gasteiger partial charge in [0.2, 0.25) is 28.1 Å². The number of rotatable bonds is 6. The summed E-state index contributed by atoms with van der Waals surface area (Å²) in [6.07, 6.45) is 0. The predicted octanol–water partition coefficient (Wildman–Crippen LogP) is -1.56. The number of carbonyl (C=O) groups is 2. The molecule has 2 N–H and O–H groups in total. The number of alkyl halides is 2. The summed E-state index contributed by atoms with van der Waals surface area (Å²) in [7, 11) is 0. The fraction of sp³-hybridized carbons (Fsp3) is 0.714. The Bertz CT molecular complexity index is 228. The van der Waals surface area contributed by atoms with Gasteiger partial charge in [-0.1, -0.05) is 0 Å². The zero-order valence-electron chi connectivity index (χ0n) is 8.55. The average Bonchev–Trinajstić information content (AvgIpc) is 2.11. The highest BCUT2D eigenvalue weighted by Crippen LogP contribution is 1.96. The van der Waals surface area contributed by atoms with Crippen LogP contribution >= 0.6 is 0 Å². The van der Waals surface area contributed by atoms with Gasteiger partial charge in [-0.2, -0.15) is 8.78 Å². The molecule has 0 unspecified atom stereocenters. The summed E-state index contributed by atoms with van der Waals surface area (Å²) in [4.78, 5) is 21.9. The second-order valence-corrected chi connectivity index (χ2v) is 3.45. The molecule has 0 aromatic rings. The lowest BCUT2D eigenvalue weighted by Crippen LogP contribution is -2.49. The van der Waals surface area contributed by atoms with Crippen LogP contribution in [0.5, 0.6) is 0 Å². The Hall–Kier alpha value is -0.708. The minimum absolute atomic E-state index is 0.471. The van der Waals surface area contributed by atoms with Gasteiger partial charge in [0.25, 0.3) is 0 Å². The van der Waals surface area contributed by atoms with Crippen LogP contribution in [0.3, 0.4) is 0 Å². The van der Waals surface area contributed by atoms with E-state index in [1.54, 1.807) is 0 Å². The Balaban J connectivity index is 4.17. The van der Waals surface area contributed by atoms with Crippen LogP contribution in [0.15, 0.2) is 0 Å². The van der Waals surface area contributed by atoms with E-state index in [4.69, 9.17) is 0 Å². The second-order valence-electron chi connectivity index (χ2n) is 2.74. The van der Waals surface area contributed by atoms with Crippen molar-refractivity contribution in [3.05, 3.63) is 0 Å². The summed E-state index contributed by atoms with van der Waals surface area (Å²) in [5, 5.41) is 5.17. The molecular weight excluding hydrogens is 225 g/mol. The van der Waals surface area contributed by atoms with E-state index in [1.807, 2.05) is 0 Å². The smallest absolute Gasteiger partial charge is 0.345 e. The molecule has 1 atom stereocenters. The highest BCUT2D eigenvalue weighted by atomic mass is 27.0. The molecular formula is C7H13AlF2N2O3. The van der Waals surface area contributed by atoms with E-state index >= 15 is 0 Å². The maximum Gasteiger partial charge on any atom is 0.345 e. The number of ether oxygens (including phenoxy) is 1. The summed E-state index contributed by atoms with van der Waals surface area (Å²) in [5.74, 6) is -0.984. The van der Waals surface area contributed by atoms with Crippen molar-refractivity contribution in [2.45, 2.75) is 19.6 Å². The Labute approximate surface area is 94.0 Å². The van der Waals surface area contributed by atoms with E-state index in [-0.39, 0.29) is 0 Å². The fourth-order valence-electron chi connectivity index (χ4n) is 0.895. The van der Waals surface area contributed by atoms with Crippen molar-refractivity contribution in [3.8, 4) is 0 Å². The van der Waals surface area contributed by atoms with Gasteiger partial charge in [0.1, 0.15) is 6.04 Å². The summed E-state index contributed by atoms with van der Waals surface area (Å²) >= 11 is 0.749. The van der Waals surface area contributed by atoms with Crippen molar-refractivity contribution in [2.75, 3.05) is 12.0 Å². The van der Waals surface area contributed by atoms with Crippen LogP contribution in [0, 0.1) is 0 Å². The first-order valence-electron chi connectivity index (χ1n) is 4.42. The lowest BCUT2D eigenvalue weighted by Gasteiger charge is -2.16. The lowest BCUT2D eigenvalue weighted by atomic mass is 10.3. The average molecular weight is 238 g/mol. The molecule has 0 saturated carbocycles. The normalized spacial score (nSPS) is 12.3. The minimum Gasteiger partial charge on any atom is -0.369 e. The molecule has 0 aromatic carbocycles. The third-order valence-corrected chi connectivity index (χ3v) is 1.79. The van der Waals surface area contributed by atoms with Crippen LogP contribution in [0.4, 0.5) is 8.78 Å². The fourth-order valence-corrected chi connectivity index (χ4v) is 1.24. The number of halogens is 2. The van der Waals surface area contributed by atoms with Crippen molar-refractivity contribution in [1.29, 1.82) is 0 Å². The monoisotopic (exact) mass is 238 g/mol. The van der Waals surface area contributed by atoms with Crippen molar-refractivity contribution < 1.29 is 23.1 Å². The molecule has 0 aromatic heterocycles. The molecule has 15 heavy (non-hydrogen) atoms. The molecule has 0 heterocycles. The van der Waals surface area contributed by atoms with Gasteiger partial charge in [-0.3, -0.25) is 9.59 Å². The van der Waals surface area contributed by atoms with Gasteiger partial charge in [-0.25, -0.2) is 0 Å². The van der Waals surface area contributed by atoms with Crippen LogP contribution in [0.1, 0.15) is 6.92 Å². The highest BCUT2D eigenvalue weighted by molar-refractivity contribution is 6.10. The number of carbonyl (C=O) groups excluding carboxylic acids is 2. The van der Waals surface area contributed by atoms with Crippen LogP contribution in [-0.4, -0.2) is 52.8 Å². The Morgan fingerprint density at radius 3 is 2.47 bits per heavy atom. The SMILES string of the molecule is CC(=O)N[C@H](COC(F)F)C(=O)N[CH2][AlH2]. The second kappa shape index (κ2) is 7.57. The molecule has 0 bridgehead atoms. The van der Waals surface area contributed by atoms with Crippen LogP contribution in [0.25, 0.3) is 0 Å². The topological polar surface area (TPSA) is 67.4 Å². The van der Waals surface area contributed by atoms with Gasteiger partial charge < -0.3 is 15.4 Å². The zero-order valence-corrected chi connectivity index (χ0v) is 10.5. The molecule has 0 aliphatic carbocycles. The van der Waals surface area contributed by atoms with Crippen LogP contribution in [0.2, 0.25) is 0 Å². The third-order valence-electron chi connectivity index (χ3n) is 1.43. The Morgan fingerprint density at radius 1 is 1.47 bits per heavy atom. The molecule has 2 amide bonds. The zero-order chi connectivity index (χ0) is 11.8. The van der Waals surface area contributed by atoms with Gasteiger partial charge in [0.05, 0.1) is 6.61 Å². The summed E-state index contributed by atoms with van der Waals surface area (Å²) < 4.78 is 27.4. The molecule has 0 aliphatic rings. The van der Waals surface area contributed by atoms with Crippen molar-refractivity contribution in [2.24, 2.45) is 0 Å². The molecule has 0 saturated heterocycles. The number of hydrogen-bond donors (Lipinski definition) is 2.